The average molecular weight is 449 g/mol. The molecular formula is C26H28N2O5. The van der Waals surface area contributed by atoms with Crippen LogP contribution in [0.15, 0.2) is 84.9 Å². The molecule has 3 rings (SSSR count). The van der Waals surface area contributed by atoms with Crippen LogP contribution in [-0.4, -0.2) is 48.7 Å². The second-order valence-corrected chi connectivity index (χ2v) is 7.30. The number of nitrogens with zero attached hydrogens (tertiary/aromatic N) is 1. The highest BCUT2D eigenvalue weighted by Gasteiger charge is 2.31. The molecule has 0 spiro atoms. The summed E-state index contributed by atoms with van der Waals surface area (Å²) in [4.78, 5) is 28.0. The van der Waals surface area contributed by atoms with Crippen LogP contribution in [0.1, 0.15) is 17.2 Å². The largest absolute Gasteiger partial charge is 0.497 e. The Morgan fingerprint density at radius 2 is 1.55 bits per heavy atom. The first-order valence-electron chi connectivity index (χ1n) is 10.7. The minimum absolute atomic E-state index is 0.0905. The lowest BCUT2D eigenvalue weighted by Gasteiger charge is -2.31. The van der Waals surface area contributed by atoms with Crippen molar-refractivity contribution in [1.29, 1.82) is 0 Å². The number of methoxy groups -OCH3 is 1. The Hall–Kier alpha value is -3.84. The Morgan fingerprint density at radius 1 is 0.909 bits per heavy atom. The highest BCUT2D eigenvalue weighted by molar-refractivity contribution is 5.89. The lowest BCUT2D eigenvalue weighted by molar-refractivity contribution is -0.143. The van der Waals surface area contributed by atoms with Gasteiger partial charge in [-0.05, 0) is 35.4 Å². The van der Waals surface area contributed by atoms with E-state index in [0.717, 1.165) is 5.56 Å². The van der Waals surface area contributed by atoms with Gasteiger partial charge in [0.05, 0.1) is 13.7 Å². The van der Waals surface area contributed by atoms with Crippen molar-refractivity contribution in [2.24, 2.45) is 0 Å². The first kappa shape index (κ1) is 23.8. The highest BCUT2D eigenvalue weighted by Crippen LogP contribution is 2.25. The summed E-state index contributed by atoms with van der Waals surface area (Å²) in [6.45, 7) is -0.145. The number of benzene rings is 3. The minimum atomic E-state index is -0.897. The summed E-state index contributed by atoms with van der Waals surface area (Å²) in [6.07, 6.45) is 0. The SMILES string of the molecule is COc1ccc(CN(C(=O)COc2ccccc2)[C@@H](C(=O)NCCO)c2ccccc2)cc1. The molecule has 7 nitrogen and oxygen atoms in total. The fourth-order valence-corrected chi connectivity index (χ4v) is 3.38. The van der Waals surface area contributed by atoms with Gasteiger partial charge in [-0.2, -0.15) is 0 Å². The van der Waals surface area contributed by atoms with Crippen LogP contribution in [0, 0.1) is 0 Å². The molecule has 0 bridgehead atoms. The molecule has 0 aliphatic heterocycles. The average Bonchev–Trinajstić information content (AvgIpc) is 2.87. The van der Waals surface area contributed by atoms with E-state index in [9.17, 15) is 14.7 Å². The quantitative estimate of drug-likeness (QED) is 0.471. The van der Waals surface area contributed by atoms with Gasteiger partial charge in [0, 0.05) is 13.1 Å². The number of rotatable bonds is 11. The topological polar surface area (TPSA) is 88.1 Å². The summed E-state index contributed by atoms with van der Waals surface area (Å²) in [5.41, 5.74) is 1.49. The monoisotopic (exact) mass is 448 g/mol. The van der Waals surface area contributed by atoms with E-state index in [4.69, 9.17) is 9.47 Å². The molecule has 3 aromatic rings. The molecule has 3 aromatic carbocycles. The number of aliphatic hydroxyl groups is 1. The summed E-state index contributed by atoms with van der Waals surface area (Å²) in [7, 11) is 1.59. The lowest BCUT2D eigenvalue weighted by Crippen LogP contribution is -2.45. The molecule has 0 unspecified atom stereocenters. The number of nitrogens with one attached hydrogen (secondary N) is 1. The fraction of sp³-hybridized carbons (Fsp3) is 0.231. The van der Waals surface area contributed by atoms with E-state index in [1.165, 1.54) is 4.90 Å². The van der Waals surface area contributed by atoms with E-state index in [-0.39, 0.29) is 38.1 Å². The van der Waals surface area contributed by atoms with E-state index in [0.29, 0.717) is 17.1 Å². The molecule has 0 saturated carbocycles. The van der Waals surface area contributed by atoms with Crippen LogP contribution >= 0.6 is 0 Å². The first-order chi connectivity index (χ1) is 16.1. The van der Waals surface area contributed by atoms with Gasteiger partial charge in [-0.1, -0.05) is 60.7 Å². The Balaban J connectivity index is 1.91. The van der Waals surface area contributed by atoms with Crippen molar-refractivity contribution in [3.8, 4) is 11.5 Å². The highest BCUT2D eigenvalue weighted by atomic mass is 16.5. The molecule has 0 fully saturated rings. The maximum Gasteiger partial charge on any atom is 0.261 e. The maximum absolute atomic E-state index is 13.4. The number of ether oxygens (including phenoxy) is 2. The Morgan fingerprint density at radius 3 is 2.15 bits per heavy atom. The van der Waals surface area contributed by atoms with Gasteiger partial charge in [-0.25, -0.2) is 0 Å². The number of carbonyl (C=O) groups is 2. The molecule has 0 heterocycles. The van der Waals surface area contributed by atoms with Crippen LogP contribution < -0.4 is 14.8 Å². The van der Waals surface area contributed by atoms with Gasteiger partial charge in [0.15, 0.2) is 6.61 Å². The first-order valence-corrected chi connectivity index (χ1v) is 10.7. The Bertz CT molecular complexity index is 1010. The number of hydrogen-bond acceptors (Lipinski definition) is 5. The molecule has 2 amide bonds. The second-order valence-electron chi connectivity index (χ2n) is 7.30. The fourth-order valence-electron chi connectivity index (χ4n) is 3.38. The molecule has 2 N–H and O–H groups in total. The molecule has 0 aliphatic rings. The van der Waals surface area contributed by atoms with Crippen molar-refractivity contribution in [3.63, 3.8) is 0 Å². The maximum atomic E-state index is 13.4. The summed E-state index contributed by atoms with van der Waals surface area (Å²) in [6, 6.07) is 24.6. The second kappa shape index (κ2) is 12.3. The van der Waals surface area contributed by atoms with Crippen molar-refractivity contribution in [1.82, 2.24) is 10.2 Å². The Kier molecular flexibility index (Phi) is 8.85. The summed E-state index contributed by atoms with van der Waals surface area (Å²) >= 11 is 0. The van der Waals surface area contributed by atoms with Crippen LogP contribution in [0.2, 0.25) is 0 Å². The number of amides is 2. The van der Waals surface area contributed by atoms with Crippen LogP contribution in [0.25, 0.3) is 0 Å². The van der Waals surface area contributed by atoms with E-state index in [1.807, 2.05) is 60.7 Å². The number of para-hydroxylation sites is 1. The van der Waals surface area contributed by atoms with Crippen LogP contribution in [0.3, 0.4) is 0 Å². The number of aliphatic hydroxyl groups excluding tert-OH is 1. The Labute approximate surface area is 193 Å². The van der Waals surface area contributed by atoms with Crippen molar-refractivity contribution < 1.29 is 24.2 Å². The molecule has 0 aliphatic carbocycles. The van der Waals surface area contributed by atoms with Crippen molar-refractivity contribution >= 4 is 11.8 Å². The zero-order valence-electron chi connectivity index (χ0n) is 18.5. The van der Waals surface area contributed by atoms with Gasteiger partial charge in [0.2, 0.25) is 5.91 Å². The minimum Gasteiger partial charge on any atom is -0.497 e. The molecule has 33 heavy (non-hydrogen) atoms. The molecule has 7 heteroatoms. The van der Waals surface area contributed by atoms with E-state index >= 15 is 0 Å². The zero-order chi connectivity index (χ0) is 23.5. The van der Waals surface area contributed by atoms with E-state index < -0.39 is 6.04 Å². The summed E-state index contributed by atoms with van der Waals surface area (Å²) in [5, 5.41) is 11.9. The molecule has 0 radical (unpaired) electrons. The molecule has 1 atom stereocenters. The van der Waals surface area contributed by atoms with Crippen LogP contribution in [-0.2, 0) is 16.1 Å². The third-order valence-corrected chi connectivity index (χ3v) is 5.02. The zero-order valence-corrected chi connectivity index (χ0v) is 18.5. The van der Waals surface area contributed by atoms with Gasteiger partial charge in [0.25, 0.3) is 5.91 Å². The smallest absolute Gasteiger partial charge is 0.261 e. The van der Waals surface area contributed by atoms with Gasteiger partial charge >= 0.3 is 0 Å². The van der Waals surface area contributed by atoms with Gasteiger partial charge in [-0.15, -0.1) is 0 Å². The number of carbonyl (C=O) groups excluding carboxylic acids is 2. The molecular weight excluding hydrogens is 420 g/mol. The summed E-state index contributed by atoms with van der Waals surface area (Å²) < 4.78 is 10.9. The van der Waals surface area contributed by atoms with Gasteiger partial charge < -0.3 is 24.8 Å². The molecule has 0 aromatic heterocycles. The van der Waals surface area contributed by atoms with Crippen molar-refractivity contribution in [3.05, 3.63) is 96.1 Å². The normalized spacial score (nSPS) is 11.3. The van der Waals surface area contributed by atoms with Crippen molar-refractivity contribution in [2.75, 3.05) is 26.9 Å². The van der Waals surface area contributed by atoms with E-state index in [1.54, 1.807) is 31.4 Å². The van der Waals surface area contributed by atoms with Gasteiger partial charge in [0.1, 0.15) is 17.5 Å². The predicted molar refractivity (Wildman–Crippen MR) is 125 cm³/mol. The standard InChI is InChI=1S/C26H28N2O5/c1-32-22-14-12-20(13-15-22)18-28(24(30)19-33-23-10-6-3-7-11-23)25(26(31)27-16-17-29)21-8-4-2-5-9-21/h2-15,25,29H,16-19H2,1H3,(H,27,31)/t25-/m1/s1. The van der Waals surface area contributed by atoms with Crippen LogP contribution in [0.4, 0.5) is 0 Å². The van der Waals surface area contributed by atoms with Crippen molar-refractivity contribution in [2.45, 2.75) is 12.6 Å². The van der Waals surface area contributed by atoms with E-state index in [2.05, 4.69) is 5.32 Å². The lowest BCUT2D eigenvalue weighted by atomic mass is 10.0. The summed E-state index contributed by atoms with van der Waals surface area (Å²) in [5.74, 6) is 0.542. The molecule has 0 saturated heterocycles. The predicted octanol–water partition coefficient (Wildman–Crippen LogP) is 2.95. The molecule has 172 valence electrons. The number of hydrogen-bond donors (Lipinski definition) is 2. The van der Waals surface area contributed by atoms with Gasteiger partial charge in [-0.3, -0.25) is 9.59 Å². The third kappa shape index (κ3) is 6.82. The third-order valence-electron chi connectivity index (χ3n) is 5.02. The van der Waals surface area contributed by atoms with Crippen LogP contribution in [0.5, 0.6) is 11.5 Å².